The van der Waals surface area contributed by atoms with Crippen molar-refractivity contribution in [1.82, 2.24) is 14.8 Å². The first kappa shape index (κ1) is 8.55. The van der Waals surface area contributed by atoms with Gasteiger partial charge in [-0.3, -0.25) is 0 Å². The normalized spacial score (nSPS) is 10.4. The predicted molar refractivity (Wildman–Crippen MR) is 52.5 cm³/mol. The molecule has 1 aromatic heterocycles. The van der Waals surface area contributed by atoms with E-state index in [-0.39, 0.29) is 5.75 Å². The summed E-state index contributed by atoms with van der Waals surface area (Å²) in [7, 11) is 1.80. The maximum Gasteiger partial charge on any atom is 0.167 e. The van der Waals surface area contributed by atoms with Crippen molar-refractivity contribution in [2.45, 2.75) is 0 Å². The second-order valence-corrected chi connectivity index (χ2v) is 3.01. The van der Waals surface area contributed by atoms with Gasteiger partial charge >= 0.3 is 0 Å². The number of aromatic nitrogens is 3. The average molecular weight is 190 g/mol. The standard InChI is InChI=1S/C9H10N4O/c1-13-5-11-12-9(13)6-3-2-4-7(10)8(6)14/h2-5,14H,10H2,1H3. The van der Waals surface area contributed by atoms with Crippen molar-refractivity contribution in [2.24, 2.45) is 7.05 Å². The lowest BCUT2D eigenvalue weighted by Gasteiger charge is -2.05. The fourth-order valence-electron chi connectivity index (χ4n) is 1.27. The maximum atomic E-state index is 9.69. The average Bonchev–Trinajstić information content (AvgIpc) is 2.57. The molecule has 0 fully saturated rings. The number of phenolic OH excluding ortho intramolecular Hbond substituents is 1. The summed E-state index contributed by atoms with van der Waals surface area (Å²) in [5, 5.41) is 17.3. The van der Waals surface area contributed by atoms with Crippen molar-refractivity contribution in [3.05, 3.63) is 24.5 Å². The van der Waals surface area contributed by atoms with Crippen LogP contribution in [0.2, 0.25) is 0 Å². The Bertz CT molecular complexity index is 464. The van der Waals surface area contributed by atoms with Crippen molar-refractivity contribution >= 4 is 5.69 Å². The molecule has 0 bridgehead atoms. The number of hydrogen-bond acceptors (Lipinski definition) is 4. The Kier molecular flexibility index (Phi) is 1.85. The van der Waals surface area contributed by atoms with Gasteiger partial charge in [-0.15, -0.1) is 10.2 Å². The highest BCUT2D eigenvalue weighted by atomic mass is 16.3. The number of para-hydroxylation sites is 1. The SMILES string of the molecule is Cn1cnnc1-c1cccc(N)c1O. The van der Waals surface area contributed by atoms with E-state index < -0.39 is 0 Å². The molecule has 0 spiro atoms. The van der Waals surface area contributed by atoms with Crippen molar-refractivity contribution in [2.75, 3.05) is 5.73 Å². The highest BCUT2D eigenvalue weighted by molar-refractivity contribution is 5.72. The minimum Gasteiger partial charge on any atom is -0.505 e. The van der Waals surface area contributed by atoms with Crippen molar-refractivity contribution in [3.8, 4) is 17.1 Å². The lowest BCUT2D eigenvalue weighted by molar-refractivity contribution is 0.479. The summed E-state index contributed by atoms with van der Waals surface area (Å²) in [5.74, 6) is 0.637. The molecule has 2 rings (SSSR count). The van der Waals surface area contributed by atoms with E-state index in [1.165, 1.54) is 0 Å². The van der Waals surface area contributed by atoms with Gasteiger partial charge in [0.1, 0.15) is 12.1 Å². The molecule has 0 atom stereocenters. The Morgan fingerprint density at radius 1 is 1.43 bits per heavy atom. The molecule has 0 radical (unpaired) electrons. The largest absolute Gasteiger partial charge is 0.505 e. The van der Waals surface area contributed by atoms with E-state index in [2.05, 4.69) is 10.2 Å². The van der Waals surface area contributed by atoms with E-state index in [1.807, 2.05) is 0 Å². The molecule has 5 nitrogen and oxygen atoms in total. The van der Waals surface area contributed by atoms with Crippen LogP contribution in [0, 0.1) is 0 Å². The van der Waals surface area contributed by atoms with Crippen LogP contribution >= 0.6 is 0 Å². The number of aryl methyl sites for hydroxylation is 1. The fourth-order valence-corrected chi connectivity index (χ4v) is 1.27. The van der Waals surface area contributed by atoms with Gasteiger partial charge in [-0.05, 0) is 12.1 Å². The van der Waals surface area contributed by atoms with Gasteiger partial charge in [-0.25, -0.2) is 0 Å². The molecule has 5 heteroatoms. The molecule has 72 valence electrons. The monoisotopic (exact) mass is 190 g/mol. The van der Waals surface area contributed by atoms with E-state index >= 15 is 0 Å². The lowest BCUT2D eigenvalue weighted by Crippen LogP contribution is -1.93. The minimum absolute atomic E-state index is 0.0450. The van der Waals surface area contributed by atoms with Crippen LogP contribution in [0.3, 0.4) is 0 Å². The number of benzene rings is 1. The van der Waals surface area contributed by atoms with Crippen LogP contribution in [0.25, 0.3) is 11.4 Å². The summed E-state index contributed by atoms with van der Waals surface area (Å²) in [4.78, 5) is 0. The number of phenols is 1. The molecule has 3 N–H and O–H groups in total. The number of aromatic hydroxyl groups is 1. The number of anilines is 1. The molecule has 0 aliphatic rings. The summed E-state index contributed by atoms with van der Waals surface area (Å²) in [6.07, 6.45) is 1.57. The van der Waals surface area contributed by atoms with Gasteiger partial charge in [-0.1, -0.05) is 6.07 Å². The first-order valence-electron chi connectivity index (χ1n) is 4.12. The quantitative estimate of drug-likeness (QED) is 0.514. The van der Waals surface area contributed by atoms with Crippen LogP contribution in [0.5, 0.6) is 5.75 Å². The second-order valence-electron chi connectivity index (χ2n) is 3.01. The zero-order valence-corrected chi connectivity index (χ0v) is 7.68. The Hall–Kier alpha value is -2.04. The Balaban J connectivity index is 2.63. The molecule has 1 aromatic carbocycles. The third-order valence-electron chi connectivity index (χ3n) is 2.02. The number of nitrogens with zero attached hydrogens (tertiary/aromatic N) is 3. The van der Waals surface area contributed by atoms with E-state index in [4.69, 9.17) is 5.73 Å². The minimum atomic E-state index is 0.0450. The first-order chi connectivity index (χ1) is 6.70. The van der Waals surface area contributed by atoms with Crippen LogP contribution in [0.4, 0.5) is 5.69 Å². The fraction of sp³-hybridized carbons (Fsp3) is 0.111. The molecule has 0 saturated heterocycles. The third-order valence-corrected chi connectivity index (χ3v) is 2.02. The molecule has 0 aliphatic carbocycles. The number of nitrogens with two attached hydrogens (primary N) is 1. The van der Waals surface area contributed by atoms with Crippen molar-refractivity contribution < 1.29 is 5.11 Å². The Morgan fingerprint density at radius 3 is 2.86 bits per heavy atom. The maximum absolute atomic E-state index is 9.69. The molecular weight excluding hydrogens is 180 g/mol. The van der Waals surface area contributed by atoms with Crippen molar-refractivity contribution in [3.63, 3.8) is 0 Å². The summed E-state index contributed by atoms with van der Waals surface area (Å²) >= 11 is 0. The molecule has 2 aromatic rings. The van der Waals surface area contributed by atoms with Crippen LogP contribution in [-0.4, -0.2) is 19.9 Å². The highest BCUT2D eigenvalue weighted by Gasteiger charge is 2.10. The topological polar surface area (TPSA) is 77.0 Å². The summed E-state index contributed by atoms with van der Waals surface area (Å²) < 4.78 is 1.72. The van der Waals surface area contributed by atoms with Crippen LogP contribution in [-0.2, 0) is 7.05 Å². The summed E-state index contributed by atoms with van der Waals surface area (Å²) in [5.41, 5.74) is 6.50. The van der Waals surface area contributed by atoms with Crippen molar-refractivity contribution in [1.29, 1.82) is 0 Å². The molecule has 0 saturated carbocycles. The molecule has 0 unspecified atom stereocenters. The highest BCUT2D eigenvalue weighted by Crippen LogP contribution is 2.31. The van der Waals surface area contributed by atoms with Gasteiger partial charge in [0, 0.05) is 7.05 Å². The molecule has 0 aliphatic heterocycles. The van der Waals surface area contributed by atoms with E-state index in [0.29, 0.717) is 17.1 Å². The molecular formula is C9H10N4O. The Labute approximate surface area is 80.8 Å². The van der Waals surface area contributed by atoms with Gasteiger partial charge in [0.2, 0.25) is 0 Å². The predicted octanol–water partition coefficient (Wildman–Crippen LogP) is 0.770. The first-order valence-corrected chi connectivity index (χ1v) is 4.12. The van der Waals surface area contributed by atoms with Gasteiger partial charge in [0.05, 0.1) is 11.3 Å². The summed E-state index contributed by atoms with van der Waals surface area (Å²) in [6, 6.07) is 5.14. The van der Waals surface area contributed by atoms with E-state index in [1.54, 1.807) is 36.1 Å². The second kappa shape index (κ2) is 3.02. The summed E-state index contributed by atoms with van der Waals surface area (Å²) in [6.45, 7) is 0. The zero-order valence-electron chi connectivity index (χ0n) is 7.68. The van der Waals surface area contributed by atoms with Gasteiger partial charge < -0.3 is 15.4 Å². The number of nitrogen functional groups attached to an aromatic ring is 1. The van der Waals surface area contributed by atoms with E-state index in [9.17, 15) is 5.11 Å². The van der Waals surface area contributed by atoms with Crippen LogP contribution in [0.15, 0.2) is 24.5 Å². The van der Waals surface area contributed by atoms with Crippen LogP contribution in [0.1, 0.15) is 0 Å². The molecule has 1 heterocycles. The number of rotatable bonds is 1. The lowest BCUT2D eigenvalue weighted by atomic mass is 10.1. The van der Waals surface area contributed by atoms with Gasteiger partial charge in [-0.2, -0.15) is 0 Å². The number of hydrogen-bond donors (Lipinski definition) is 2. The third kappa shape index (κ3) is 1.19. The Morgan fingerprint density at radius 2 is 2.21 bits per heavy atom. The molecule has 0 amide bonds. The van der Waals surface area contributed by atoms with Crippen LogP contribution < -0.4 is 5.73 Å². The molecule has 14 heavy (non-hydrogen) atoms. The van der Waals surface area contributed by atoms with Gasteiger partial charge in [0.15, 0.2) is 5.82 Å². The van der Waals surface area contributed by atoms with E-state index in [0.717, 1.165) is 0 Å². The smallest absolute Gasteiger partial charge is 0.167 e. The van der Waals surface area contributed by atoms with Gasteiger partial charge in [0.25, 0.3) is 0 Å². The zero-order chi connectivity index (χ0) is 10.1.